The van der Waals surface area contributed by atoms with E-state index in [0.29, 0.717) is 32.4 Å². The number of likely N-dealkylation sites (tertiary alicyclic amines) is 2. The average Bonchev–Trinajstić information content (AvgIpc) is 4.04. The predicted molar refractivity (Wildman–Crippen MR) is 206 cm³/mol. The van der Waals surface area contributed by atoms with Crippen molar-refractivity contribution in [2.24, 2.45) is 4.99 Å². The van der Waals surface area contributed by atoms with Gasteiger partial charge in [0.25, 0.3) is 0 Å². The number of imidazole rings is 1. The van der Waals surface area contributed by atoms with Gasteiger partial charge in [-0.05, 0) is 66.4 Å². The third-order valence-corrected chi connectivity index (χ3v) is 10.6. The van der Waals surface area contributed by atoms with Crippen molar-refractivity contribution >= 4 is 35.3 Å². The molecule has 3 N–H and O–H groups in total. The van der Waals surface area contributed by atoms with Crippen LogP contribution in [0, 0.1) is 0 Å². The summed E-state index contributed by atoms with van der Waals surface area (Å²) in [6.07, 6.45) is 9.20. The van der Waals surface area contributed by atoms with Crippen molar-refractivity contribution in [1.82, 2.24) is 30.4 Å². The Labute approximate surface area is 316 Å². The van der Waals surface area contributed by atoms with Gasteiger partial charge in [0.1, 0.15) is 17.9 Å². The summed E-state index contributed by atoms with van der Waals surface area (Å²) in [5, 5.41) is 5.41. The van der Waals surface area contributed by atoms with Crippen molar-refractivity contribution in [2.45, 2.75) is 95.8 Å². The maximum atomic E-state index is 13.5. The predicted octanol–water partition coefficient (Wildman–Crippen LogP) is 6.63. The summed E-state index contributed by atoms with van der Waals surface area (Å²) < 4.78 is 9.51. The SMILES string of the molecule is CCC[C@H](NC(=O)OC)C(=O)N1CCC[C@H]1C1=NC=C(c2ccc(-c3ccc(-c4cnc([C@@H]5CCCN5C(=O)[C@H](CCC)NC(=O)OC)[nH]4)cc3)cc2)C1. The highest BCUT2D eigenvalue weighted by Crippen LogP contribution is 2.34. The molecular weight excluding hydrogens is 686 g/mol. The largest absolute Gasteiger partial charge is 0.453 e. The Morgan fingerprint density at radius 2 is 1.26 bits per heavy atom. The maximum absolute atomic E-state index is 13.5. The smallest absolute Gasteiger partial charge is 0.407 e. The number of alkyl carbamates (subject to hydrolysis) is 2. The Morgan fingerprint density at radius 1 is 0.759 bits per heavy atom. The van der Waals surface area contributed by atoms with E-state index in [9.17, 15) is 19.2 Å². The first-order valence-corrected chi connectivity index (χ1v) is 19.1. The zero-order chi connectivity index (χ0) is 38.2. The molecule has 0 aliphatic carbocycles. The molecule has 0 spiro atoms. The fraction of sp³-hybridized carbons (Fsp3) is 0.463. The van der Waals surface area contributed by atoms with Crippen LogP contribution in [0.2, 0.25) is 0 Å². The van der Waals surface area contributed by atoms with Crippen LogP contribution in [0.3, 0.4) is 0 Å². The lowest BCUT2D eigenvalue weighted by molar-refractivity contribution is -0.134. The van der Waals surface area contributed by atoms with Gasteiger partial charge in [-0.3, -0.25) is 14.6 Å². The number of aliphatic imine (C=N–C) groups is 1. The molecule has 4 atom stereocenters. The van der Waals surface area contributed by atoms with E-state index in [2.05, 4.69) is 69.1 Å². The van der Waals surface area contributed by atoms with E-state index < -0.39 is 24.3 Å². The lowest BCUT2D eigenvalue weighted by atomic mass is 9.96. The molecule has 0 radical (unpaired) electrons. The minimum atomic E-state index is -0.637. The normalized spacial score (nSPS) is 19.2. The fourth-order valence-electron chi connectivity index (χ4n) is 7.79. The van der Waals surface area contributed by atoms with Crippen molar-refractivity contribution in [3.8, 4) is 22.4 Å². The number of methoxy groups -OCH3 is 2. The summed E-state index contributed by atoms with van der Waals surface area (Å²) in [7, 11) is 2.60. The van der Waals surface area contributed by atoms with Crippen molar-refractivity contribution in [3.05, 3.63) is 72.3 Å². The van der Waals surface area contributed by atoms with E-state index in [1.165, 1.54) is 14.2 Å². The second-order valence-corrected chi connectivity index (χ2v) is 14.1. The number of amides is 4. The second-order valence-electron chi connectivity index (χ2n) is 14.1. The minimum Gasteiger partial charge on any atom is -0.453 e. The number of aromatic nitrogens is 2. The Hall–Kier alpha value is -5.46. The van der Waals surface area contributed by atoms with Crippen LogP contribution < -0.4 is 10.6 Å². The van der Waals surface area contributed by atoms with Crippen LogP contribution in [0.5, 0.6) is 0 Å². The van der Waals surface area contributed by atoms with Crippen molar-refractivity contribution in [3.63, 3.8) is 0 Å². The van der Waals surface area contributed by atoms with Crippen LogP contribution in [0.1, 0.15) is 89.1 Å². The number of rotatable bonds is 13. The Kier molecular flexibility index (Phi) is 12.5. The second kappa shape index (κ2) is 17.6. The fourth-order valence-corrected chi connectivity index (χ4v) is 7.79. The number of carbonyl (C=O) groups is 4. The number of benzene rings is 2. The van der Waals surface area contributed by atoms with Crippen LogP contribution >= 0.6 is 0 Å². The molecule has 3 aliphatic heterocycles. The van der Waals surface area contributed by atoms with Crippen LogP contribution in [0.15, 0.2) is 65.9 Å². The highest BCUT2D eigenvalue weighted by molar-refractivity contribution is 6.03. The molecule has 2 fully saturated rings. The topological polar surface area (TPSA) is 158 Å². The van der Waals surface area contributed by atoms with E-state index in [-0.39, 0.29) is 23.9 Å². The summed E-state index contributed by atoms with van der Waals surface area (Å²) in [6, 6.07) is 15.3. The summed E-state index contributed by atoms with van der Waals surface area (Å²) in [6.45, 7) is 5.23. The van der Waals surface area contributed by atoms with E-state index in [4.69, 9.17) is 14.5 Å². The molecule has 54 heavy (non-hydrogen) atoms. The van der Waals surface area contributed by atoms with Gasteiger partial charge in [0.15, 0.2) is 0 Å². The summed E-state index contributed by atoms with van der Waals surface area (Å²) in [5.41, 5.74) is 7.21. The molecule has 3 aromatic rings. The Morgan fingerprint density at radius 3 is 1.80 bits per heavy atom. The molecule has 13 nitrogen and oxygen atoms in total. The van der Waals surface area contributed by atoms with E-state index >= 15 is 0 Å². The molecule has 2 saturated heterocycles. The lowest BCUT2D eigenvalue weighted by Gasteiger charge is -2.29. The number of ether oxygens (including phenoxy) is 2. The van der Waals surface area contributed by atoms with Crippen LogP contribution in [-0.2, 0) is 19.1 Å². The van der Waals surface area contributed by atoms with Gasteiger partial charge in [0, 0.05) is 31.4 Å². The van der Waals surface area contributed by atoms with Crippen molar-refractivity contribution < 1.29 is 28.7 Å². The van der Waals surface area contributed by atoms with Gasteiger partial charge in [-0.2, -0.15) is 0 Å². The van der Waals surface area contributed by atoms with Gasteiger partial charge in [0.2, 0.25) is 11.8 Å². The molecule has 0 saturated carbocycles. The van der Waals surface area contributed by atoms with Crippen LogP contribution in [-0.4, -0.2) is 94.9 Å². The number of allylic oxidation sites excluding steroid dienone is 1. The zero-order valence-corrected chi connectivity index (χ0v) is 31.6. The van der Waals surface area contributed by atoms with E-state index in [1.807, 2.05) is 36.0 Å². The number of nitrogens with one attached hydrogen (secondary N) is 3. The number of hydrogen-bond acceptors (Lipinski definition) is 8. The van der Waals surface area contributed by atoms with Crippen molar-refractivity contribution in [1.29, 1.82) is 0 Å². The molecule has 13 heteroatoms. The standard InChI is InChI=1S/C41H51N7O6/c1-5-9-31(45-40(51)53-3)38(49)47-21-7-11-35(47)33-23-30(24-42-33)28-15-13-26(14-16-28)27-17-19-29(20-18-27)34-25-43-37(44-34)36-12-8-22-48(36)39(50)32(10-6-2)46-41(52)54-4/h13-20,24-25,31-32,35-36H,5-12,21-23H2,1-4H3,(H,43,44)(H,45,51)(H,46,52)/t31-,32-,35-,36-/m0/s1. The van der Waals surface area contributed by atoms with Gasteiger partial charge >= 0.3 is 12.2 Å². The monoisotopic (exact) mass is 737 g/mol. The lowest BCUT2D eigenvalue weighted by Crippen LogP contribution is -2.51. The molecule has 4 amide bonds. The Bertz CT molecular complexity index is 1870. The molecule has 6 rings (SSSR count). The molecule has 4 heterocycles. The third kappa shape index (κ3) is 8.50. The molecule has 0 bridgehead atoms. The van der Waals surface area contributed by atoms with Gasteiger partial charge in [-0.15, -0.1) is 0 Å². The van der Waals surface area contributed by atoms with Crippen LogP contribution in [0.4, 0.5) is 9.59 Å². The maximum Gasteiger partial charge on any atom is 0.407 e. The van der Waals surface area contributed by atoms with Gasteiger partial charge in [0.05, 0.1) is 38.2 Å². The number of hydrogen-bond donors (Lipinski definition) is 3. The summed E-state index contributed by atoms with van der Waals surface area (Å²) >= 11 is 0. The first-order valence-electron chi connectivity index (χ1n) is 19.1. The Balaban J connectivity index is 1.06. The number of H-pyrrole nitrogens is 1. The molecule has 3 aliphatic rings. The highest BCUT2D eigenvalue weighted by Gasteiger charge is 2.38. The number of aromatic amines is 1. The third-order valence-electron chi connectivity index (χ3n) is 10.6. The molecule has 1 aromatic heterocycles. The van der Waals surface area contributed by atoms with E-state index in [1.54, 1.807) is 0 Å². The zero-order valence-electron chi connectivity index (χ0n) is 31.6. The molecule has 286 valence electrons. The number of carbonyl (C=O) groups excluding carboxylic acids is 4. The van der Waals surface area contributed by atoms with Crippen molar-refractivity contribution in [2.75, 3.05) is 27.3 Å². The van der Waals surface area contributed by atoms with Crippen LogP contribution in [0.25, 0.3) is 28.0 Å². The quantitative estimate of drug-likeness (QED) is 0.178. The molecular formula is C41H51N7O6. The number of nitrogens with zero attached hydrogens (tertiary/aromatic N) is 4. The minimum absolute atomic E-state index is 0.0801. The first kappa shape index (κ1) is 38.3. The van der Waals surface area contributed by atoms with Gasteiger partial charge in [-0.25, -0.2) is 14.6 Å². The average molecular weight is 738 g/mol. The molecule has 0 unspecified atom stereocenters. The summed E-state index contributed by atoms with van der Waals surface area (Å²) in [4.78, 5) is 67.4. The van der Waals surface area contributed by atoms with Gasteiger partial charge in [-0.1, -0.05) is 75.2 Å². The van der Waals surface area contributed by atoms with Gasteiger partial charge < -0.3 is 34.9 Å². The first-order chi connectivity index (χ1) is 26.2. The van der Waals surface area contributed by atoms with E-state index in [0.717, 1.165) is 83.6 Å². The highest BCUT2D eigenvalue weighted by atomic mass is 16.5. The summed E-state index contributed by atoms with van der Waals surface area (Å²) in [5.74, 6) is 0.541. The molecule has 2 aromatic carbocycles.